The number of sulfone groups is 1. The number of halogens is 1. The Morgan fingerprint density at radius 3 is 2.39 bits per heavy atom. The largest absolute Gasteiger partial charge is 0.383 e. The molecule has 0 aliphatic heterocycles. The van der Waals surface area contributed by atoms with Gasteiger partial charge >= 0.3 is 0 Å². The van der Waals surface area contributed by atoms with Crippen LogP contribution in [0.1, 0.15) is 45.4 Å². The smallest absolute Gasteiger partial charge is 0.228 e. The van der Waals surface area contributed by atoms with E-state index in [2.05, 4.69) is 4.98 Å². The first-order valence-corrected chi connectivity index (χ1v) is 12.0. The van der Waals surface area contributed by atoms with Crippen LogP contribution in [0.2, 0.25) is 0 Å². The fourth-order valence-electron chi connectivity index (χ4n) is 3.25. The first-order chi connectivity index (χ1) is 14.5. The number of carbonyl (C=O) groups is 1. The third-order valence-corrected chi connectivity index (χ3v) is 6.42. The van der Waals surface area contributed by atoms with Crippen molar-refractivity contribution < 1.29 is 22.3 Å². The lowest BCUT2D eigenvalue weighted by Gasteiger charge is -2.28. The van der Waals surface area contributed by atoms with Crippen molar-refractivity contribution in [1.82, 2.24) is 14.5 Å². The van der Waals surface area contributed by atoms with Gasteiger partial charge < -0.3 is 14.2 Å². The van der Waals surface area contributed by atoms with Crippen LogP contribution in [0.15, 0.2) is 35.6 Å². The van der Waals surface area contributed by atoms with Crippen LogP contribution in [0.25, 0.3) is 0 Å². The van der Waals surface area contributed by atoms with Gasteiger partial charge in [-0.25, -0.2) is 17.8 Å². The van der Waals surface area contributed by atoms with E-state index in [1.165, 1.54) is 37.6 Å². The van der Waals surface area contributed by atoms with Gasteiger partial charge in [0, 0.05) is 26.1 Å². The highest BCUT2D eigenvalue weighted by atomic mass is 32.2. The number of rotatable bonds is 11. The van der Waals surface area contributed by atoms with Crippen LogP contribution in [-0.2, 0) is 38.2 Å². The van der Waals surface area contributed by atoms with Crippen molar-refractivity contribution in [2.24, 2.45) is 5.92 Å². The molecule has 0 saturated carbocycles. The first kappa shape index (κ1) is 25.0. The predicted molar refractivity (Wildman–Crippen MR) is 117 cm³/mol. The molecule has 0 N–H and O–H groups in total. The van der Waals surface area contributed by atoms with E-state index in [4.69, 9.17) is 4.74 Å². The molecule has 9 heteroatoms. The Balaban J connectivity index is 2.37. The third-order valence-electron chi connectivity index (χ3n) is 4.83. The molecule has 31 heavy (non-hydrogen) atoms. The van der Waals surface area contributed by atoms with Crippen LogP contribution in [0.4, 0.5) is 4.39 Å². The summed E-state index contributed by atoms with van der Waals surface area (Å²) in [6.45, 7) is 8.67. The molecule has 2 rings (SSSR count). The molecule has 172 valence electrons. The molecule has 1 aromatic carbocycles. The summed E-state index contributed by atoms with van der Waals surface area (Å²) in [5.41, 5.74) is 1.10. The lowest BCUT2D eigenvalue weighted by Crippen LogP contribution is -2.37. The lowest BCUT2D eigenvalue weighted by molar-refractivity contribution is -0.134. The first-order valence-electron chi connectivity index (χ1n) is 10.3. The minimum atomic E-state index is -3.79. The van der Waals surface area contributed by atoms with Crippen LogP contribution >= 0.6 is 0 Å². The van der Waals surface area contributed by atoms with E-state index >= 15 is 0 Å². The van der Waals surface area contributed by atoms with Crippen molar-refractivity contribution >= 4 is 15.7 Å². The number of benzene rings is 1. The van der Waals surface area contributed by atoms with E-state index in [0.717, 1.165) is 0 Å². The summed E-state index contributed by atoms with van der Waals surface area (Å²) < 4.78 is 46.1. The number of hydrogen-bond acceptors (Lipinski definition) is 5. The van der Waals surface area contributed by atoms with Gasteiger partial charge in [-0.05, 0) is 37.5 Å². The summed E-state index contributed by atoms with van der Waals surface area (Å²) in [5.74, 6) is -0.486. The minimum absolute atomic E-state index is 0.0141. The second-order valence-corrected chi connectivity index (χ2v) is 10.2. The zero-order chi connectivity index (χ0) is 23.2. The number of methoxy groups -OCH3 is 1. The minimum Gasteiger partial charge on any atom is -0.383 e. The van der Waals surface area contributed by atoms with Gasteiger partial charge in [0.2, 0.25) is 20.9 Å². The molecule has 0 unspecified atom stereocenters. The topological polar surface area (TPSA) is 81.5 Å². The van der Waals surface area contributed by atoms with Crippen molar-refractivity contribution in [3.63, 3.8) is 0 Å². The number of carbonyl (C=O) groups excluding carboxylic acids is 1. The second kappa shape index (κ2) is 10.9. The van der Waals surface area contributed by atoms with Gasteiger partial charge in [0.1, 0.15) is 5.82 Å². The third kappa shape index (κ3) is 6.87. The van der Waals surface area contributed by atoms with Crippen molar-refractivity contribution in [3.05, 3.63) is 47.5 Å². The summed E-state index contributed by atoms with van der Waals surface area (Å²) in [5, 5.41) is -0.0797. The summed E-state index contributed by atoms with van der Waals surface area (Å²) in [6.07, 6.45) is 1.92. The maximum atomic E-state index is 13.2. The van der Waals surface area contributed by atoms with E-state index in [0.29, 0.717) is 24.3 Å². The van der Waals surface area contributed by atoms with Crippen LogP contribution in [0, 0.1) is 11.7 Å². The maximum Gasteiger partial charge on any atom is 0.228 e. The zero-order valence-electron chi connectivity index (χ0n) is 18.8. The molecule has 0 bridgehead atoms. The van der Waals surface area contributed by atoms with E-state index < -0.39 is 15.7 Å². The van der Waals surface area contributed by atoms with E-state index in [1.54, 1.807) is 9.47 Å². The number of hydrogen-bond donors (Lipinski definition) is 0. The molecule has 0 atom stereocenters. The molecule has 0 spiro atoms. The SMILES string of the molecule is COCCn1c(CN(C(=O)CC(C)C)C(C)C)cnc1S(=O)(=O)Cc1ccc(F)cc1. The fourth-order valence-corrected chi connectivity index (χ4v) is 4.77. The number of imidazole rings is 1. The molecule has 1 aromatic heterocycles. The fraction of sp³-hybridized carbons (Fsp3) is 0.545. The Morgan fingerprint density at radius 1 is 1.19 bits per heavy atom. The van der Waals surface area contributed by atoms with Gasteiger partial charge in [-0.2, -0.15) is 0 Å². The van der Waals surface area contributed by atoms with Crippen molar-refractivity contribution in [1.29, 1.82) is 0 Å². The normalized spacial score (nSPS) is 12.0. The molecule has 0 saturated heterocycles. The highest BCUT2D eigenvalue weighted by molar-refractivity contribution is 7.90. The number of ether oxygens (including phenoxy) is 1. The highest BCUT2D eigenvalue weighted by Crippen LogP contribution is 2.20. The molecule has 0 fully saturated rings. The summed E-state index contributed by atoms with van der Waals surface area (Å²) >= 11 is 0. The van der Waals surface area contributed by atoms with E-state index in [9.17, 15) is 17.6 Å². The number of nitrogens with zero attached hydrogens (tertiary/aromatic N) is 3. The van der Waals surface area contributed by atoms with Crippen LogP contribution in [0.5, 0.6) is 0 Å². The van der Waals surface area contributed by atoms with Crippen LogP contribution in [0.3, 0.4) is 0 Å². The van der Waals surface area contributed by atoms with Gasteiger partial charge in [-0.15, -0.1) is 0 Å². The van der Waals surface area contributed by atoms with Gasteiger partial charge in [-0.1, -0.05) is 26.0 Å². The van der Waals surface area contributed by atoms with E-state index in [1.807, 2.05) is 27.7 Å². The molecule has 0 radical (unpaired) electrons. The average molecular weight is 454 g/mol. The van der Waals surface area contributed by atoms with Gasteiger partial charge in [0.15, 0.2) is 0 Å². The molecule has 1 amide bonds. The molecule has 2 aromatic rings. The second-order valence-electron chi connectivity index (χ2n) is 8.28. The number of aromatic nitrogens is 2. The van der Waals surface area contributed by atoms with Gasteiger partial charge in [0.05, 0.1) is 30.8 Å². The Kier molecular flexibility index (Phi) is 8.76. The lowest BCUT2D eigenvalue weighted by atomic mass is 10.1. The highest BCUT2D eigenvalue weighted by Gasteiger charge is 2.26. The Bertz CT molecular complexity index is 969. The summed E-state index contributed by atoms with van der Waals surface area (Å²) in [7, 11) is -2.25. The maximum absolute atomic E-state index is 13.2. The molecule has 7 nitrogen and oxygen atoms in total. The molecule has 0 aliphatic carbocycles. The summed E-state index contributed by atoms with van der Waals surface area (Å²) in [6, 6.07) is 5.31. The molecule has 1 heterocycles. The van der Waals surface area contributed by atoms with Crippen LogP contribution < -0.4 is 0 Å². The van der Waals surface area contributed by atoms with Crippen molar-refractivity contribution in [3.8, 4) is 0 Å². The monoisotopic (exact) mass is 453 g/mol. The quantitative estimate of drug-likeness (QED) is 0.521. The molecular formula is C22H32FN3O4S. The predicted octanol–water partition coefficient (Wildman–Crippen LogP) is 3.43. The zero-order valence-corrected chi connectivity index (χ0v) is 19.7. The van der Waals surface area contributed by atoms with Crippen molar-refractivity contribution in [2.75, 3.05) is 13.7 Å². The van der Waals surface area contributed by atoms with Gasteiger partial charge in [0.25, 0.3) is 0 Å². The molecular weight excluding hydrogens is 421 g/mol. The van der Waals surface area contributed by atoms with E-state index in [-0.39, 0.29) is 41.9 Å². The Morgan fingerprint density at radius 2 is 1.84 bits per heavy atom. The standard InChI is InChI=1S/C22H32FN3O4S/c1-16(2)12-21(27)26(17(3)4)14-20-13-24-22(25(20)10-11-30-5)31(28,29)15-18-6-8-19(23)9-7-18/h6-9,13,16-17H,10-12,14-15H2,1-5H3. The summed E-state index contributed by atoms with van der Waals surface area (Å²) in [4.78, 5) is 18.6. The Hall–Kier alpha value is -2.26. The molecule has 0 aliphatic rings. The van der Waals surface area contributed by atoms with Gasteiger partial charge in [-0.3, -0.25) is 4.79 Å². The Labute approximate surface area is 184 Å². The van der Waals surface area contributed by atoms with Crippen LogP contribution in [-0.4, -0.2) is 48.5 Å². The number of amides is 1. The van der Waals surface area contributed by atoms with Crippen molar-refractivity contribution in [2.45, 2.75) is 64.2 Å². The average Bonchev–Trinajstić information content (AvgIpc) is 3.08.